The number of nitrogens with one attached hydrogen (secondary N) is 2. The average Bonchev–Trinajstić information content (AvgIpc) is 2.72. The molecule has 2 rings (SSSR count). The van der Waals surface area contributed by atoms with Crippen LogP contribution in [-0.4, -0.2) is 40.9 Å². The molecule has 0 saturated carbocycles. The summed E-state index contributed by atoms with van der Waals surface area (Å²) in [7, 11) is 6.59. The fourth-order valence-corrected chi connectivity index (χ4v) is 3.12. The molecule has 2 N–H and O–H groups in total. The van der Waals surface area contributed by atoms with Crippen molar-refractivity contribution < 1.29 is 14.2 Å². The van der Waals surface area contributed by atoms with Crippen LogP contribution in [0, 0.1) is 6.92 Å². The Morgan fingerprint density at radius 2 is 1.62 bits per heavy atom. The highest BCUT2D eigenvalue weighted by molar-refractivity contribution is 5.79. The third-order valence-electron chi connectivity index (χ3n) is 4.91. The van der Waals surface area contributed by atoms with E-state index in [1.54, 1.807) is 28.4 Å². The Morgan fingerprint density at radius 3 is 2.14 bits per heavy atom. The maximum absolute atomic E-state index is 5.42. The molecule has 0 aromatic heterocycles. The van der Waals surface area contributed by atoms with E-state index < -0.39 is 0 Å². The maximum Gasteiger partial charge on any atom is 0.203 e. The van der Waals surface area contributed by atoms with Gasteiger partial charge < -0.3 is 24.8 Å². The van der Waals surface area contributed by atoms with E-state index in [1.165, 1.54) is 11.1 Å². The van der Waals surface area contributed by atoms with Crippen LogP contribution in [0.3, 0.4) is 0 Å². The molecule has 158 valence electrons. The molecule has 0 spiro atoms. The van der Waals surface area contributed by atoms with Gasteiger partial charge in [-0.15, -0.1) is 0 Å². The fourth-order valence-electron chi connectivity index (χ4n) is 3.12. The SMILES string of the molecule is CN=C(NCc1cc(OC)c(OC)c(OC)c1)NCC(C)(C)c1cccc(C)c1. The number of nitrogens with zero attached hydrogens (tertiary/aromatic N) is 1. The number of ether oxygens (including phenoxy) is 3. The molecule has 0 unspecified atom stereocenters. The minimum absolute atomic E-state index is 0.0316. The molecule has 0 aliphatic heterocycles. The van der Waals surface area contributed by atoms with Crippen molar-refractivity contribution in [1.82, 2.24) is 10.6 Å². The van der Waals surface area contributed by atoms with Crippen LogP contribution < -0.4 is 24.8 Å². The molecule has 0 fully saturated rings. The number of rotatable bonds is 8. The van der Waals surface area contributed by atoms with E-state index in [9.17, 15) is 0 Å². The van der Waals surface area contributed by atoms with E-state index in [2.05, 4.69) is 60.7 Å². The van der Waals surface area contributed by atoms with Crippen LogP contribution >= 0.6 is 0 Å². The molecule has 0 saturated heterocycles. The van der Waals surface area contributed by atoms with Crippen LogP contribution in [-0.2, 0) is 12.0 Å². The Bertz CT molecular complexity index is 822. The lowest BCUT2D eigenvalue weighted by Crippen LogP contribution is -2.43. The summed E-state index contributed by atoms with van der Waals surface area (Å²) >= 11 is 0. The first kappa shape index (κ1) is 22.4. The maximum atomic E-state index is 5.42. The predicted octanol–water partition coefficient (Wildman–Crippen LogP) is 3.66. The van der Waals surface area contributed by atoms with Crippen LogP contribution in [0.1, 0.15) is 30.5 Å². The van der Waals surface area contributed by atoms with Gasteiger partial charge in [0.15, 0.2) is 17.5 Å². The van der Waals surface area contributed by atoms with Crippen molar-refractivity contribution in [2.45, 2.75) is 32.7 Å². The molecule has 0 bridgehead atoms. The van der Waals surface area contributed by atoms with Gasteiger partial charge in [0.05, 0.1) is 21.3 Å². The van der Waals surface area contributed by atoms with Gasteiger partial charge in [0.1, 0.15) is 0 Å². The second kappa shape index (κ2) is 10.0. The molecule has 0 aliphatic carbocycles. The topological polar surface area (TPSA) is 64.1 Å². The highest BCUT2D eigenvalue weighted by atomic mass is 16.5. The Hall–Kier alpha value is -2.89. The van der Waals surface area contributed by atoms with Crippen molar-refractivity contribution in [2.75, 3.05) is 34.9 Å². The highest BCUT2D eigenvalue weighted by Gasteiger charge is 2.21. The van der Waals surface area contributed by atoms with Gasteiger partial charge in [0, 0.05) is 25.6 Å². The number of benzene rings is 2. The second-order valence-electron chi connectivity index (χ2n) is 7.57. The first-order valence-electron chi connectivity index (χ1n) is 9.65. The normalized spacial score (nSPS) is 11.8. The van der Waals surface area contributed by atoms with Crippen LogP contribution in [0.2, 0.25) is 0 Å². The van der Waals surface area contributed by atoms with Crippen molar-refractivity contribution in [3.8, 4) is 17.2 Å². The predicted molar refractivity (Wildman–Crippen MR) is 119 cm³/mol. The van der Waals surface area contributed by atoms with E-state index in [0.29, 0.717) is 23.8 Å². The van der Waals surface area contributed by atoms with Crippen molar-refractivity contribution in [1.29, 1.82) is 0 Å². The molecule has 6 heteroatoms. The average molecular weight is 400 g/mol. The van der Waals surface area contributed by atoms with Gasteiger partial charge in [0.2, 0.25) is 5.75 Å². The lowest BCUT2D eigenvalue weighted by Gasteiger charge is -2.27. The first-order chi connectivity index (χ1) is 13.8. The lowest BCUT2D eigenvalue weighted by molar-refractivity contribution is 0.323. The molecular weight excluding hydrogens is 366 g/mol. The van der Waals surface area contributed by atoms with Gasteiger partial charge in [-0.2, -0.15) is 0 Å². The summed E-state index contributed by atoms with van der Waals surface area (Å²) in [5.41, 5.74) is 3.53. The van der Waals surface area contributed by atoms with E-state index in [-0.39, 0.29) is 5.41 Å². The summed E-state index contributed by atoms with van der Waals surface area (Å²) in [6, 6.07) is 12.5. The van der Waals surface area contributed by atoms with Gasteiger partial charge in [-0.3, -0.25) is 4.99 Å². The van der Waals surface area contributed by atoms with Crippen molar-refractivity contribution in [3.63, 3.8) is 0 Å². The third kappa shape index (κ3) is 5.79. The molecule has 0 atom stereocenters. The quantitative estimate of drug-likeness (QED) is 0.524. The van der Waals surface area contributed by atoms with E-state index in [4.69, 9.17) is 14.2 Å². The number of hydrogen-bond acceptors (Lipinski definition) is 4. The number of methoxy groups -OCH3 is 3. The number of guanidine groups is 1. The standard InChI is InChI=1S/C23H33N3O3/c1-16-9-8-10-18(11-16)23(2,3)15-26-22(24-4)25-14-17-12-19(27-5)21(29-7)20(13-17)28-6/h8-13H,14-15H2,1-7H3,(H2,24,25,26). The summed E-state index contributed by atoms with van der Waals surface area (Å²) in [4.78, 5) is 4.34. The molecule has 6 nitrogen and oxygen atoms in total. The van der Waals surface area contributed by atoms with Gasteiger partial charge >= 0.3 is 0 Å². The summed E-state index contributed by atoms with van der Waals surface area (Å²) in [5.74, 6) is 2.58. The minimum Gasteiger partial charge on any atom is -0.493 e. The first-order valence-corrected chi connectivity index (χ1v) is 9.65. The van der Waals surface area contributed by atoms with Gasteiger partial charge in [-0.05, 0) is 30.2 Å². The number of aliphatic imine (C=N–C) groups is 1. The Labute approximate surface area is 174 Å². The molecule has 0 heterocycles. The van der Waals surface area contributed by atoms with Crippen LogP contribution in [0.15, 0.2) is 41.4 Å². The number of aryl methyl sites for hydroxylation is 1. The summed E-state index contributed by atoms with van der Waals surface area (Å²) < 4.78 is 16.2. The second-order valence-corrected chi connectivity index (χ2v) is 7.57. The molecule has 2 aromatic carbocycles. The summed E-state index contributed by atoms with van der Waals surface area (Å²) in [5, 5.41) is 6.78. The third-order valence-corrected chi connectivity index (χ3v) is 4.91. The van der Waals surface area contributed by atoms with Gasteiger partial charge in [-0.1, -0.05) is 43.7 Å². The zero-order chi connectivity index (χ0) is 21.4. The van der Waals surface area contributed by atoms with Crippen LogP contribution in [0.5, 0.6) is 17.2 Å². The van der Waals surface area contributed by atoms with Crippen molar-refractivity contribution in [3.05, 3.63) is 53.1 Å². The zero-order valence-corrected chi connectivity index (χ0v) is 18.6. The molecular formula is C23H33N3O3. The number of hydrogen-bond donors (Lipinski definition) is 2. The molecule has 2 aromatic rings. The summed E-state index contributed by atoms with van der Waals surface area (Å²) in [6.07, 6.45) is 0. The van der Waals surface area contributed by atoms with Crippen LogP contribution in [0.4, 0.5) is 0 Å². The monoisotopic (exact) mass is 399 g/mol. The molecule has 29 heavy (non-hydrogen) atoms. The van der Waals surface area contributed by atoms with Crippen molar-refractivity contribution in [2.24, 2.45) is 4.99 Å². The van der Waals surface area contributed by atoms with E-state index in [0.717, 1.165) is 18.1 Å². The van der Waals surface area contributed by atoms with E-state index in [1.807, 2.05) is 12.1 Å². The zero-order valence-electron chi connectivity index (χ0n) is 18.6. The Balaban J connectivity index is 2.04. The van der Waals surface area contributed by atoms with Gasteiger partial charge in [0.25, 0.3) is 0 Å². The Morgan fingerprint density at radius 1 is 0.966 bits per heavy atom. The van der Waals surface area contributed by atoms with Crippen LogP contribution in [0.25, 0.3) is 0 Å². The van der Waals surface area contributed by atoms with E-state index >= 15 is 0 Å². The minimum atomic E-state index is -0.0316. The fraction of sp³-hybridized carbons (Fsp3) is 0.435. The molecule has 0 amide bonds. The smallest absolute Gasteiger partial charge is 0.203 e. The van der Waals surface area contributed by atoms with Crippen molar-refractivity contribution >= 4 is 5.96 Å². The molecule has 0 radical (unpaired) electrons. The van der Waals surface area contributed by atoms with Gasteiger partial charge in [-0.25, -0.2) is 0 Å². The summed E-state index contributed by atoms with van der Waals surface area (Å²) in [6.45, 7) is 7.89. The molecule has 0 aliphatic rings. The Kier molecular flexibility index (Phi) is 7.76. The highest BCUT2D eigenvalue weighted by Crippen LogP contribution is 2.38. The lowest BCUT2D eigenvalue weighted by atomic mass is 9.84. The largest absolute Gasteiger partial charge is 0.493 e.